The van der Waals surface area contributed by atoms with Crippen LogP contribution >= 0.6 is 46.3 Å². The van der Waals surface area contributed by atoms with E-state index in [9.17, 15) is 0 Å². The van der Waals surface area contributed by atoms with Crippen LogP contribution in [0.5, 0.6) is 0 Å². The van der Waals surface area contributed by atoms with E-state index in [1.807, 2.05) is 23.9 Å². The second-order valence-corrected chi connectivity index (χ2v) is 16.6. The van der Waals surface area contributed by atoms with E-state index in [-0.39, 0.29) is 10.8 Å². The molecule has 3 aromatic carbocycles. The highest BCUT2D eigenvalue weighted by atomic mass is 35.5. The fourth-order valence-corrected chi connectivity index (χ4v) is 9.96. The summed E-state index contributed by atoms with van der Waals surface area (Å²) in [7, 11) is 4.32. The van der Waals surface area contributed by atoms with Crippen LogP contribution in [0, 0.1) is 0 Å². The van der Waals surface area contributed by atoms with Crippen molar-refractivity contribution < 1.29 is 4.58 Å². The second-order valence-electron chi connectivity index (χ2n) is 13.4. The highest BCUT2D eigenvalue weighted by molar-refractivity contribution is 8.05. The van der Waals surface area contributed by atoms with E-state index in [0.717, 1.165) is 39.2 Å². The van der Waals surface area contributed by atoms with Gasteiger partial charge in [-0.1, -0.05) is 73.1 Å². The monoisotopic (exact) mass is 682 g/mol. The number of rotatable bonds is 5. The summed E-state index contributed by atoms with van der Waals surface area (Å²) >= 11 is 16.5. The summed E-state index contributed by atoms with van der Waals surface area (Å²) in [4.78, 5) is 8.66. The van der Waals surface area contributed by atoms with Crippen molar-refractivity contribution in [2.75, 3.05) is 19.0 Å². The van der Waals surface area contributed by atoms with Crippen LogP contribution in [0.3, 0.4) is 0 Å². The number of thioether (sulfide) groups is 1. The third-order valence-corrected chi connectivity index (χ3v) is 12.6. The molecule has 3 heterocycles. The Balaban J connectivity index is 1.31. The van der Waals surface area contributed by atoms with E-state index in [1.54, 1.807) is 11.3 Å². The predicted molar refractivity (Wildman–Crippen MR) is 200 cm³/mol. The fraction of sp³-hybridized carbons (Fsp3) is 0.282. The molecule has 7 heteroatoms. The molecule has 1 aliphatic carbocycles. The Bertz CT molecular complexity index is 2030. The molecule has 0 fully saturated rings. The fourth-order valence-electron chi connectivity index (χ4n) is 7.31. The first-order valence-corrected chi connectivity index (χ1v) is 18.2. The highest BCUT2D eigenvalue weighted by Gasteiger charge is 2.43. The number of thiazole rings is 1. The van der Waals surface area contributed by atoms with Crippen molar-refractivity contribution in [2.24, 2.45) is 0 Å². The van der Waals surface area contributed by atoms with Crippen molar-refractivity contribution in [2.45, 2.75) is 62.1 Å². The first-order chi connectivity index (χ1) is 21.9. The molecule has 46 heavy (non-hydrogen) atoms. The van der Waals surface area contributed by atoms with Gasteiger partial charge in [-0.15, -0.1) is 11.3 Å². The van der Waals surface area contributed by atoms with Gasteiger partial charge in [-0.05, 0) is 98.4 Å². The minimum Gasteiger partial charge on any atom is -0.347 e. The molecule has 0 radical (unpaired) electrons. The molecule has 234 valence electrons. The van der Waals surface area contributed by atoms with E-state index < -0.39 is 0 Å². The molecule has 0 atom stereocenters. The first-order valence-electron chi connectivity index (χ1n) is 15.8. The average molecular weight is 684 g/mol. The molecule has 0 spiro atoms. The Kier molecular flexibility index (Phi) is 8.12. The van der Waals surface area contributed by atoms with Crippen LogP contribution in [-0.4, -0.2) is 29.4 Å². The smallest absolute Gasteiger partial charge is 0.209 e. The number of allylic oxidation sites excluding steroid dienone is 7. The van der Waals surface area contributed by atoms with E-state index in [1.165, 1.54) is 54.7 Å². The number of hydrogen-bond acceptors (Lipinski definition) is 4. The normalized spacial score (nSPS) is 20.6. The minimum absolute atomic E-state index is 0.152. The van der Waals surface area contributed by atoms with Crippen LogP contribution in [0.25, 0.3) is 10.2 Å². The van der Waals surface area contributed by atoms with E-state index >= 15 is 0 Å². The van der Waals surface area contributed by atoms with Gasteiger partial charge < -0.3 is 4.90 Å². The quantitative estimate of drug-likeness (QED) is 0.195. The number of aromatic nitrogens is 1. The summed E-state index contributed by atoms with van der Waals surface area (Å²) in [6.07, 6.45) is 12.6. The molecule has 0 bridgehead atoms. The van der Waals surface area contributed by atoms with Gasteiger partial charge in [0.1, 0.15) is 7.05 Å². The Labute approximate surface area is 290 Å². The number of fused-ring (bicyclic) bond motifs is 3. The minimum atomic E-state index is -0.152. The lowest BCUT2D eigenvalue weighted by molar-refractivity contribution is -0.401. The molecule has 3 aliphatic rings. The van der Waals surface area contributed by atoms with Crippen LogP contribution in [0.2, 0.25) is 10.0 Å². The Morgan fingerprint density at radius 1 is 0.891 bits per heavy atom. The molecule has 0 amide bonds. The van der Waals surface area contributed by atoms with Crippen molar-refractivity contribution in [1.29, 1.82) is 0 Å². The van der Waals surface area contributed by atoms with Crippen molar-refractivity contribution in [3.05, 3.63) is 128 Å². The zero-order valence-electron chi connectivity index (χ0n) is 27.1. The summed E-state index contributed by atoms with van der Waals surface area (Å²) in [5, 5.41) is 1.56. The first kappa shape index (κ1) is 31.5. The predicted octanol–water partition coefficient (Wildman–Crippen LogP) is 11.6. The standard InChI is InChI=1S/C39H38Cl2N3S2/c1-38(2)28-22-26(40)16-18-31(28)43(5)34(38)20-14-24-10-9-11-25(36(24)46-37-42-30-12-7-8-13-33(30)45-37)15-21-35-39(3,4)29-23-27(41)17-19-32(29)44(35)6/h7-8,12-23H,9-11H2,1-6H3/q+1. The zero-order valence-corrected chi connectivity index (χ0v) is 30.3. The summed E-state index contributed by atoms with van der Waals surface area (Å²) in [6.45, 7) is 9.17. The Morgan fingerprint density at radius 3 is 2.41 bits per heavy atom. The third-order valence-electron chi connectivity index (χ3n) is 9.81. The second kappa shape index (κ2) is 11.9. The summed E-state index contributed by atoms with van der Waals surface area (Å²) in [5.74, 6) is 0. The molecule has 2 aliphatic heterocycles. The van der Waals surface area contributed by atoms with Gasteiger partial charge in [0, 0.05) is 56.5 Å². The molecule has 1 aromatic heterocycles. The van der Waals surface area contributed by atoms with Crippen molar-refractivity contribution in [3.8, 4) is 0 Å². The average Bonchev–Trinajstić information content (AvgIpc) is 3.57. The van der Waals surface area contributed by atoms with Crippen molar-refractivity contribution in [1.82, 2.24) is 4.98 Å². The Morgan fingerprint density at radius 2 is 1.63 bits per heavy atom. The van der Waals surface area contributed by atoms with Gasteiger partial charge in [0.05, 0.1) is 15.6 Å². The van der Waals surface area contributed by atoms with E-state index in [2.05, 4.69) is 124 Å². The molecule has 0 saturated heterocycles. The molecule has 4 aromatic rings. The summed E-state index contributed by atoms with van der Waals surface area (Å²) in [6, 6.07) is 20.9. The van der Waals surface area contributed by atoms with Crippen LogP contribution < -0.4 is 4.90 Å². The van der Waals surface area contributed by atoms with Crippen LogP contribution in [-0.2, 0) is 10.8 Å². The van der Waals surface area contributed by atoms with Crippen LogP contribution in [0.4, 0.5) is 11.4 Å². The molecule has 0 saturated carbocycles. The van der Waals surface area contributed by atoms with E-state index in [0.29, 0.717) is 0 Å². The number of likely N-dealkylation sites (N-methyl/N-ethyl adjacent to an activating group) is 1. The van der Waals surface area contributed by atoms with Gasteiger partial charge in [0.25, 0.3) is 0 Å². The zero-order chi connectivity index (χ0) is 32.4. The number of nitrogens with zero attached hydrogens (tertiary/aromatic N) is 3. The van der Waals surface area contributed by atoms with Crippen molar-refractivity contribution in [3.63, 3.8) is 0 Å². The van der Waals surface area contributed by atoms with Gasteiger partial charge in [0.2, 0.25) is 5.69 Å². The lowest BCUT2D eigenvalue weighted by Crippen LogP contribution is -2.26. The maximum absolute atomic E-state index is 6.44. The number of hydrogen-bond donors (Lipinski definition) is 0. The molecule has 7 rings (SSSR count). The number of para-hydroxylation sites is 1. The lowest BCUT2D eigenvalue weighted by atomic mass is 9.81. The van der Waals surface area contributed by atoms with Gasteiger partial charge in [-0.25, -0.2) is 4.98 Å². The molecule has 3 nitrogen and oxygen atoms in total. The van der Waals surface area contributed by atoms with Gasteiger partial charge in [0.15, 0.2) is 10.1 Å². The maximum Gasteiger partial charge on any atom is 0.209 e. The SMILES string of the molecule is CN1C(=CC=C2CCCC(C=CC3=[N+](C)c4ccc(Cl)cc4C3(C)C)=C2Sc2nc3ccccc3s2)C(C)(C)c2cc(Cl)ccc21. The molecule has 0 unspecified atom stereocenters. The van der Waals surface area contributed by atoms with Gasteiger partial charge in [-0.3, -0.25) is 0 Å². The third kappa shape index (κ3) is 5.39. The summed E-state index contributed by atoms with van der Waals surface area (Å²) < 4.78 is 4.61. The molecular formula is C39H38Cl2N3S2+. The Hall–Kier alpha value is -3.09. The largest absolute Gasteiger partial charge is 0.347 e. The lowest BCUT2D eigenvalue weighted by Gasteiger charge is -2.25. The van der Waals surface area contributed by atoms with Crippen LogP contribution in [0.1, 0.15) is 58.1 Å². The maximum atomic E-state index is 6.44. The number of anilines is 1. The van der Waals surface area contributed by atoms with Gasteiger partial charge in [-0.2, -0.15) is 4.58 Å². The summed E-state index contributed by atoms with van der Waals surface area (Å²) in [5.41, 5.74) is 11.0. The van der Waals surface area contributed by atoms with E-state index in [4.69, 9.17) is 28.2 Å². The number of halogens is 2. The molecule has 0 N–H and O–H groups in total. The topological polar surface area (TPSA) is 19.1 Å². The van der Waals surface area contributed by atoms with Crippen molar-refractivity contribution >= 4 is 73.6 Å². The highest BCUT2D eigenvalue weighted by Crippen LogP contribution is 2.49. The number of benzene rings is 3. The van der Waals surface area contributed by atoms with Gasteiger partial charge >= 0.3 is 0 Å². The molecular weight excluding hydrogens is 645 g/mol. The van der Waals surface area contributed by atoms with Crippen LogP contribution in [0.15, 0.2) is 111 Å².